The summed E-state index contributed by atoms with van der Waals surface area (Å²) in [5.41, 5.74) is 1.21. The van der Waals surface area contributed by atoms with E-state index in [2.05, 4.69) is 34.7 Å². The summed E-state index contributed by atoms with van der Waals surface area (Å²) in [6.07, 6.45) is 3.58. The summed E-state index contributed by atoms with van der Waals surface area (Å²) in [7, 11) is 0. The van der Waals surface area contributed by atoms with E-state index in [-0.39, 0.29) is 30.1 Å². The third-order valence-electron chi connectivity index (χ3n) is 4.78. The molecule has 7 nitrogen and oxygen atoms in total. The van der Waals surface area contributed by atoms with Crippen LogP contribution in [0.5, 0.6) is 0 Å². The zero-order valence-corrected chi connectivity index (χ0v) is 20.6. The predicted octanol–water partition coefficient (Wildman–Crippen LogP) is 3.78. The molecule has 0 bridgehead atoms. The number of hydrogen-bond acceptors (Lipinski definition) is 4. The highest BCUT2D eigenvalue weighted by molar-refractivity contribution is 14.0. The fourth-order valence-corrected chi connectivity index (χ4v) is 3.21. The number of unbranched alkanes of at least 4 members (excludes halogenated alkanes) is 1. The molecule has 0 aromatic heterocycles. The molecular formula is C22H37IN4O3. The molecule has 1 fully saturated rings. The molecule has 1 aromatic rings. The average Bonchev–Trinajstić information content (AvgIpc) is 2.74. The second-order valence-corrected chi connectivity index (χ2v) is 7.11. The molecular weight excluding hydrogens is 495 g/mol. The molecule has 1 heterocycles. The summed E-state index contributed by atoms with van der Waals surface area (Å²) in [6.45, 7) is 8.77. The number of aliphatic imine (C=N–C) groups is 1. The smallest absolute Gasteiger partial charge is 0.409 e. The normalized spacial score (nSPS) is 14.7. The number of benzene rings is 1. The minimum atomic E-state index is -0.207. The Kier molecular flexibility index (Phi) is 14.3. The largest absolute Gasteiger partial charge is 0.450 e. The number of likely N-dealkylation sites (tertiary alicyclic amines) is 1. The number of carbonyl (C=O) groups is 1. The van der Waals surface area contributed by atoms with Crippen LogP contribution in [0.25, 0.3) is 0 Å². The van der Waals surface area contributed by atoms with E-state index >= 15 is 0 Å². The number of hydrogen-bond donors (Lipinski definition) is 2. The molecule has 1 aromatic carbocycles. The lowest BCUT2D eigenvalue weighted by atomic mass is 10.1. The van der Waals surface area contributed by atoms with Gasteiger partial charge in [-0.1, -0.05) is 30.3 Å². The van der Waals surface area contributed by atoms with E-state index in [4.69, 9.17) is 9.47 Å². The highest BCUT2D eigenvalue weighted by Crippen LogP contribution is 2.11. The lowest BCUT2D eigenvalue weighted by Crippen LogP contribution is -2.49. The molecule has 0 saturated carbocycles. The van der Waals surface area contributed by atoms with E-state index in [1.54, 1.807) is 4.90 Å². The first kappa shape index (κ1) is 26.5. The fourth-order valence-electron chi connectivity index (χ4n) is 3.21. The van der Waals surface area contributed by atoms with Gasteiger partial charge in [0.25, 0.3) is 0 Å². The van der Waals surface area contributed by atoms with Crippen molar-refractivity contribution in [1.29, 1.82) is 0 Å². The first-order valence-corrected chi connectivity index (χ1v) is 10.8. The van der Waals surface area contributed by atoms with E-state index < -0.39 is 0 Å². The van der Waals surface area contributed by atoms with Gasteiger partial charge in [-0.3, -0.25) is 4.99 Å². The molecule has 0 atom stereocenters. The first-order valence-electron chi connectivity index (χ1n) is 10.8. The number of guanidine groups is 1. The number of piperidine rings is 1. The third-order valence-corrected chi connectivity index (χ3v) is 4.78. The summed E-state index contributed by atoms with van der Waals surface area (Å²) >= 11 is 0. The minimum absolute atomic E-state index is 0. The lowest BCUT2D eigenvalue weighted by Gasteiger charge is -2.32. The van der Waals surface area contributed by atoms with Gasteiger partial charge in [-0.25, -0.2) is 4.79 Å². The Balaban J connectivity index is 0.00000450. The molecule has 30 heavy (non-hydrogen) atoms. The van der Waals surface area contributed by atoms with Crippen molar-refractivity contribution in [2.75, 3.05) is 39.4 Å². The molecule has 0 radical (unpaired) electrons. The molecule has 1 saturated heterocycles. The van der Waals surface area contributed by atoms with Gasteiger partial charge in [-0.2, -0.15) is 0 Å². The Bertz CT molecular complexity index is 608. The zero-order valence-electron chi connectivity index (χ0n) is 18.3. The van der Waals surface area contributed by atoms with Crippen molar-refractivity contribution in [3.8, 4) is 0 Å². The van der Waals surface area contributed by atoms with Crippen LogP contribution >= 0.6 is 24.0 Å². The van der Waals surface area contributed by atoms with Crippen molar-refractivity contribution >= 4 is 36.0 Å². The molecule has 0 aliphatic carbocycles. The Labute approximate surface area is 198 Å². The van der Waals surface area contributed by atoms with Gasteiger partial charge in [0.05, 0.1) is 13.2 Å². The van der Waals surface area contributed by atoms with Crippen LogP contribution in [-0.4, -0.2) is 62.4 Å². The number of amides is 1. The van der Waals surface area contributed by atoms with E-state index in [0.29, 0.717) is 32.3 Å². The monoisotopic (exact) mass is 532 g/mol. The Morgan fingerprint density at radius 1 is 1.17 bits per heavy atom. The highest BCUT2D eigenvalue weighted by Gasteiger charge is 2.23. The van der Waals surface area contributed by atoms with Crippen molar-refractivity contribution in [2.45, 2.75) is 52.2 Å². The first-order chi connectivity index (χ1) is 14.2. The molecule has 1 aliphatic rings. The number of nitrogens with zero attached hydrogens (tertiary/aromatic N) is 2. The summed E-state index contributed by atoms with van der Waals surface area (Å²) in [5, 5.41) is 6.81. The van der Waals surface area contributed by atoms with Crippen LogP contribution in [0.4, 0.5) is 4.79 Å². The van der Waals surface area contributed by atoms with E-state index in [1.807, 2.05) is 25.1 Å². The number of nitrogens with one attached hydrogen (secondary N) is 2. The standard InChI is InChI=1S/C22H36N4O3.HI/c1-3-23-21(25-20-12-15-26(16-13-20)22(27)29-4-2)24-14-8-9-17-28-18-19-10-6-5-7-11-19;/h5-7,10-11,20H,3-4,8-9,12-18H2,1-2H3,(H2,23,24,25);1H. The highest BCUT2D eigenvalue weighted by atomic mass is 127. The van der Waals surface area contributed by atoms with Crippen LogP contribution in [0, 0.1) is 0 Å². The van der Waals surface area contributed by atoms with Gasteiger partial charge in [0.1, 0.15) is 0 Å². The maximum Gasteiger partial charge on any atom is 0.409 e. The second kappa shape index (κ2) is 16.2. The average molecular weight is 532 g/mol. The molecule has 1 amide bonds. The topological polar surface area (TPSA) is 75.2 Å². The van der Waals surface area contributed by atoms with Crippen molar-refractivity contribution in [2.24, 2.45) is 4.99 Å². The summed E-state index contributed by atoms with van der Waals surface area (Å²) in [5.74, 6) is 0.854. The SMILES string of the molecule is CCNC(=NCCCCOCc1ccccc1)NC1CCN(C(=O)OCC)CC1.I. The van der Waals surface area contributed by atoms with Gasteiger partial charge in [-0.15, -0.1) is 24.0 Å². The van der Waals surface area contributed by atoms with Crippen molar-refractivity contribution < 1.29 is 14.3 Å². The summed E-state index contributed by atoms with van der Waals surface area (Å²) in [6, 6.07) is 10.6. The molecule has 2 N–H and O–H groups in total. The molecule has 0 spiro atoms. The Morgan fingerprint density at radius 2 is 1.90 bits per heavy atom. The van der Waals surface area contributed by atoms with E-state index in [9.17, 15) is 4.79 Å². The minimum Gasteiger partial charge on any atom is -0.450 e. The lowest BCUT2D eigenvalue weighted by molar-refractivity contribution is 0.0963. The number of ether oxygens (including phenoxy) is 2. The third kappa shape index (κ3) is 10.5. The van der Waals surface area contributed by atoms with E-state index in [0.717, 1.165) is 51.3 Å². The van der Waals surface area contributed by atoms with Crippen LogP contribution in [-0.2, 0) is 16.1 Å². The molecule has 0 unspecified atom stereocenters. The maximum absolute atomic E-state index is 11.8. The van der Waals surface area contributed by atoms with Crippen LogP contribution < -0.4 is 10.6 Å². The zero-order chi connectivity index (χ0) is 20.7. The van der Waals surface area contributed by atoms with Crippen LogP contribution in [0.2, 0.25) is 0 Å². The van der Waals surface area contributed by atoms with Crippen LogP contribution in [0.1, 0.15) is 45.1 Å². The Morgan fingerprint density at radius 3 is 2.57 bits per heavy atom. The van der Waals surface area contributed by atoms with Crippen molar-refractivity contribution in [3.05, 3.63) is 35.9 Å². The van der Waals surface area contributed by atoms with Gasteiger partial charge in [0, 0.05) is 38.8 Å². The number of halogens is 1. The van der Waals surface area contributed by atoms with Crippen molar-refractivity contribution in [3.63, 3.8) is 0 Å². The molecule has 1 aliphatic heterocycles. The summed E-state index contributed by atoms with van der Waals surface area (Å²) in [4.78, 5) is 18.3. The number of carbonyl (C=O) groups excluding carboxylic acids is 1. The maximum atomic E-state index is 11.8. The molecule has 8 heteroatoms. The van der Waals surface area contributed by atoms with Crippen molar-refractivity contribution in [1.82, 2.24) is 15.5 Å². The second-order valence-electron chi connectivity index (χ2n) is 7.11. The summed E-state index contributed by atoms with van der Waals surface area (Å²) < 4.78 is 10.8. The predicted molar refractivity (Wildman–Crippen MR) is 131 cm³/mol. The number of rotatable bonds is 10. The van der Waals surface area contributed by atoms with Gasteiger partial charge in [-0.05, 0) is 45.1 Å². The molecule has 170 valence electrons. The molecule has 2 rings (SSSR count). The Hall–Kier alpha value is -1.55. The van der Waals surface area contributed by atoms with E-state index in [1.165, 1.54) is 5.56 Å². The van der Waals surface area contributed by atoms with Gasteiger partial charge in [0.2, 0.25) is 0 Å². The van der Waals surface area contributed by atoms with Crippen LogP contribution in [0.3, 0.4) is 0 Å². The van der Waals surface area contributed by atoms with Gasteiger partial charge >= 0.3 is 6.09 Å². The quantitative estimate of drug-likeness (QED) is 0.208. The fraction of sp³-hybridized carbons (Fsp3) is 0.636. The van der Waals surface area contributed by atoms with Gasteiger partial charge < -0.3 is 25.0 Å². The van der Waals surface area contributed by atoms with Crippen LogP contribution in [0.15, 0.2) is 35.3 Å². The van der Waals surface area contributed by atoms with Gasteiger partial charge in [0.15, 0.2) is 5.96 Å².